The Bertz CT molecular complexity index is 4010. The summed E-state index contributed by atoms with van der Waals surface area (Å²) >= 11 is 0. The Kier molecular flexibility index (Phi) is 7.70. The van der Waals surface area contributed by atoms with Crippen LogP contribution in [0.5, 0.6) is 0 Å². The Morgan fingerprint density at radius 1 is 0.412 bits per heavy atom. The zero-order valence-corrected chi connectivity index (χ0v) is 39.7. The summed E-state index contributed by atoms with van der Waals surface area (Å²) in [5, 5.41) is 4.72. The molecule has 3 aliphatic rings. The van der Waals surface area contributed by atoms with Crippen molar-refractivity contribution in [3.8, 4) is 44.5 Å². The van der Waals surface area contributed by atoms with Crippen LogP contribution in [0.1, 0.15) is 86.1 Å². The topological polar surface area (TPSA) is 42.4 Å². The van der Waals surface area contributed by atoms with Crippen LogP contribution >= 0.6 is 0 Å². The number of pyridine rings is 1. The largest absolute Gasteiger partial charge is 0.455 e. The van der Waals surface area contributed by atoms with E-state index in [1.807, 2.05) is 12.4 Å². The summed E-state index contributed by atoms with van der Waals surface area (Å²) in [5.74, 6) is 0. The van der Waals surface area contributed by atoms with Crippen LogP contribution in [0.15, 0.2) is 167 Å². The summed E-state index contributed by atoms with van der Waals surface area (Å²) in [6, 6.07) is 54.0. The van der Waals surface area contributed by atoms with Gasteiger partial charge in [-0.15, -0.1) is 0 Å². The van der Waals surface area contributed by atoms with Crippen molar-refractivity contribution >= 4 is 60.9 Å². The molecule has 3 heterocycles. The lowest BCUT2D eigenvalue weighted by atomic mass is 9.72. The number of hydrogen-bond donors (Lipinski definition) is 0. The highest BCUT2D eigenvalue weighted by molar-refractivity contribution is 6.21. The molecule has 8 aromatic carbocycles. The van der Waals surface area contributed by atoms with Crippen LogP contribution in [0.2, 0.25) is 0 Å². The van der Waals surface area contributed by atoms with E-state index in [1.54, 1.807) is 0 Å². The molecule has 3 aliphatic carbocycles. The number of para-hydroxylation sites is 2. The smallest absolute Gasteiger partial charge is 0.144 e. The standard InChI is InChI=1S/C64H50N2O2/c1-35-29-36(2)31-40(30-35)66(38-21-23-42-48(32-38)62(3,4)50-34-46(37-25-27-65-28-26-37)60-55(53(42)50)44-16-10-13-19-51(44)67-60)39-22-24-43-49(33-39)64(7,8)59-57(43)61-56(45-17-11-14-20-52(45)68-61)54-41-15-9-12-18-47(41)63(5,6)58(54)59/h9-34H,1-8H3. The number of nitrogens with zero attached hydrogens (tertiary/aromatic N) is 2. The highest BCUT2D eigenvalue weighted by Gasteiger charge is 2.49. The van der Waals surface area contributed by atoms with E-state index in [0.717, 1.165) is 55.9 Å². The first-order chi connectivity index (χ1) is 32.8. The van der Waals surface area contributed by atoms with Crippen molar-refractivity contribution in [1.29, 1.82) is 0 Å². The summed E-state index contributed by atoms with van der Waals surface area (Å²) < 4.78 is 13.8. The van der Waals surface area contributed by atoms with Crippen molar-refractivity contribution in [2.45, 2.75) is 71.6 Å². The van der Waals surface area contributed by atoms with Crippen LogP contribution in [0, 0.1) is 13.8 Å². The SMILES string of the molecule is Cc1cc(C)cc(N(c2ccc3c(c2)C(C)(C)c2cc(-c4ccncc4)c4oc5ccccc5c4c2-3)c2ccc3c(c2)C(C)(C)c2c4c(c5c(oc6ccccc65)c2-3)-c2ccccc2C4(C)C)c1. The Morgan fingerprint density at radius 2 is 0.941 bits per heavy atom. The van der Waals surface area contributed by atoms with Gasteiger partial charge in [0.15, 0.2) is 0 Å². The Balaban J connectivity index is 0.994. The number of hydrogen-bond acceptors (Lipinski definition) is 4. The van der Waals surface area contributed by atoms with Gasteiger partial charge in [0.2, 0.25) is 0 Å². The minimum absolute atomic E-state index is 0.210. The van der Waals surface area contributed by atoms with Crippen LogP contribution in [-0.4, -0.2) is 4.98 Å². The monoisotopic (exact) mass is 878 g/mol. The molecule has 0 fully saturated rings. The van der Waals surface area contributed by atoms with E-state index in [9.17, 15) is 0 Å². The average molecular weight is 879 g/mol. The fraction of sp³-hybridized carbons (Fsp3) is 0.172. The van der Waals surface area contributed by atoms with Gasteiger partial charge in [0.05, 0.1) is 0 Å². The molecule has 4 nitrogen and oxygen atoms in total. The molecule has 0 radical (unpaired) electrons. The van der Waals surface area contributed by atoms with Crippen LogP contribution < -0.4 is 4.90 Å². The molecule has 0 atom stereocenters. The maximum Gasteiger partial charge on any atom is 0.144 e. The first kappa shape index (κ1) is 39.5. The van der Waals surface area contributed by atoms with E-state index in [2.05, 4.69) is 211 Å². The van der Waals surface area contributed by atoms with Gasteiger partial charge in [-0.05, 0) is 158 Å². The van der Waals surface area contributed by atoms with Crippen LogP contribution in [0.4, 0.5) is 17.1 Å². The van der Waals surface area contributed by atoms with E-state index < -0.39 is 0 Å². The molecule has 0 saturated heterocycles. The molecule has 3 aromatic heterocycles. The molecular formula is C64H50N2O2. The molecule has 0 saturated carbocycles. The number of rotatable bonds is 4. The minimum atomic E-state index is -0.335. The summed E-state index contributed by atoms with van der Waals surface area (Å²) in [6.45, 7) is 18.9. The molecule has 4 heteroatoms. The van der Waals surface area contributed by atoms with Crippen molar-refractivity contribution < 1.29 is 8.83 Å². The fourth-order valence-electron chi connectivity index (χ4n) is 13.2. The van der Waals surface area contributed by atoms with Gasteiger partial charge in [-0.25, -0.2) is 0 Å². The number of aromatic nitrogens is 1. The Labute approximate surface area is 396 Å². The van der Waals surface area contributed by atoms with E-state index in [1.165, 1.54) is 94.0 Å². The summed E-state index contributed by atoms with van der Waals surface area (Å²) in [5.41, 5.74) is 26.7. The number of fused-ring (bicyclic) bond motifs is 19. The van der Waals surface area contributed by atoms with E-state index >= 15 is 0 Å². The van der Waals surface area contributed by atoms with E-state index in [-0.39, 0.29) is 16.2 Å². The predicted molar refractivity (Wildman–Crippen MR) is 281 cm³/mol. The van der Waals surface area contributed by atoms with Crippen LogP contribution in [0.3, 0.4) is 0 Å². The van der Waals surface area contributed by atoms with Gasteiger partial charge < -0.3 is 13.7 Å². The lowest BCUT2D eigenvalue weighted by molar-refractivity contribution is 0.600. The van der Waals surface area contributed by atoms with Crippen molar-refractivity contribution in [2.24, 2.45) is 0 Å². The van der Waals surface area contributed by atoms with Gasteiger partial charge in [0, 0.05) is 78.4 Å². The van der Waals surface area contributed by atoms with Crippen molar-refractivity contribution in [3.63, 3.8) is 0 Å². The molecule has 11 aromatic rings. The predicted octanol–water partition coefficient (Wildman–Crippen LogP) is 17.6. The Morgan fingerprint density at radius 3 is 1.62 bits per heavy atom. The second kappa shape index (κ2) is 13.3. The summed E-state index contributed by atoms with van der Waals surface area (Å²) in [4.78, 5) is 6.85. The van der Waals surface area contributed by atoms with Gasteiger partial charge in [-0.3, -0.25) is 4.98 Å². The fourth-order valence-corrected chi connectivity index (χ4v) is 13.2. The molecule has 0 spiro atoms. The molecule has 328 valence electrons. The third-order valence-electron chi connectivity index (χ3n) is 16.1. The molecule has 0 N–H and O–H groups in total. The van der Waals surface area contributed by atoms with Crippen LogP contribution in [0.25, 0.3) is 88.4 Å². The van der Waals surface area contributed by atoms with E-state index in [0.29, 0.717) is 0 Å². The normalized spacial score (nSPS) is 15.4. The number of benzene rings is 8. The highest BCUT2D eigenvalue weighted by Crippen LogP contribution is 2.64. The highest BCUT2D eigenvalue weighted by atomic mass is 16.3. The summed E-state index contributed by atoms with van der Waals surface area (Å²) in [7, 11) is 0. The molecule has 68 heavy (non-hydrogen) atoms. The van der Waals surface area contributed by atoms with Gasteiger partial charge in [0.1, 0.15) is 22.3 Å². The first-order valence-electron chi connectivity index (χ1n) is 24.0. The number of anilines is 3. The summed E-state index contributed by atoms with van der Waals surface area (Å²) in [6.07, 6.45) is 3.74. The molecule has 0 amide bonds. The van der Waals surface area contributed by atoms with Gasteiger partial charge in [-0.1, -0.05) is 120 Å². The first-order valence-corrected chi connectivity index (χ1v) is 24.0. The zero-order chi connectivity index (χ0) is 46.2. The average Bonchev–Trinajstić information content (AvgIpc) is 4.08. The molecule has 0 unspecified atom stereocenters. The maximum absolute atomic E-state index is 7.04. The third kappa shape index (κ3) is 5.02. The van der Waals surface area contributed by atoms with Crippen molar-refractivity contribution in [1.82, 2.24) is 4.98 Å². The van der Waals surface area contributed by atoms with E-state index in [4.69, 9.17) is 8.83 Å². The van der Waals surface area contributed by atoms with Gasteiger partial charge >= 0.3 is 0 Å². The zero-order valence-electron chi connectivity index (χ0n) is 39.7. The third-order valence-corrected chi connectivity index (χ3v) is 16.1. The maximum atomic E-state index is 7.04. The van der Waals surface area contributed by atoms with Crippen molar-refractivity contribution in [3.05, 3.63) is 202 Å². The van der Waals surface area contributed by atoms with Gasteiger partial charge in [-0.2, -0.15) is 0 Å². The second-order valence-corrected chi connectivity index (χ2v) is 21.2. The molecule has 0 bridgehead atoms. The Hall–Kier alpha value is -7.69. The van der Waals surface area contributed by atoms with Crippen molar-refractivity contribution in [2.75, 3.05) is 4.90 Å². The van der Waals surface area contributed by atoms with Crippen LogP contribution in [-0.2, 0) is 16.2 Å². The lowest BCUT2D eigenvalue weighted by Crippen LogP contribution is -2.24. The lowest BCUT2D eigenvalue weighted by Gasteiger charge is -2.32. The number of furan rings is 2. The van der Waals surface area contributed by atoms with Gasteiger partial charge in [0.25, 0.3) is 0 Å². The molecule has 0 aliphatic heterocycles. The quantitative estimate of drug-likeness (QED) is 0.177. The second-order valence-electron chi connectivity index (χ2n) is 21.2. The molecule has 14 rings (SSSR count). The number of aryl methyl sites for hydroxylation is 2. The minimum Gasteiger partial charge on any atom is -0.455 e. The molecular weight excluding hydrogens is 829 g/mol.